The van der Waals surface area contributed by atoms with Gasteiger partial charge in [0.15, 0.2) is 0 Å². The molecule has 0 aliphatic heterocycles. The van der Waals surface area contributed by atoms with E-state index in [0.717, 1.165) is 65.4 Å². The van der Waals surface area contributed by atoms with E-state index >= 15 is 0 Å². The molecule has 3 unspecified atom stereocenters. The lowest BCUT2D eigenvalue weighted by Crippen LogP contribution is -2.50. The molecule has 2 fully saturated rings. The molecule has 0 amide bonds. The molecule has 0 saturated heterocycles. The fourth-order valence-electron chi connectivity index (χ4n) is 7.30. The first-order valence-electron chi connectivity index (χ1n) is 11.8. The molecule has 4 aliphatic rings. The molecule has 1 aromatic rings. The van der Waals surface area contributed by atoms with Gasteiger partial charge < -0.3 is 4.74 Å². The van der Waals surface area contributed by atoms with Gasteiger partial charge in [-0.3, -0.25) is 4.79 Å². The molecule has 5 rings (SSSR count). The molecule has 4 aliphatic carbocycles. The highest BCUT2D eigenvalue weighted by Gasteiger charge is 2.58. The zero-order chi connectivity index (χ0) is 22.7. The minimum absolute atomic E-state index is 0.0408. The molecule has 1 aromatic carbocycles. The van der Waals surface area contributed by atoms with E-state index in [1.807, 2.05) is 24.3 Å². The van der Waals surface area contributed by atoms with Crippen LogP contribution in [-0.2, 0) is 9.53 Å². The predicted octanol–water partition coefficient (Wildman–Crippen LogP) is 7.08. The Bertz CT molecular complexity index is 1010. The van der Waals surface area contributed by atoms with Crippen LogP contribution in [0.4, 0.5) is 0 Å². The molecule has 0 heterocycles. The minimum Gasteiger partial charge on any atom is -0.458 e. The molecular formula is C27H30ClIO3. The molecule has 0 bridgehead atoms. The largest absolute Gasteiger partial charge is 0.458 e. The van der Waals surface area contributed by atoms with Crippen molar-refractivity contribution in [3.8, 4) is 0 Å². The zero-order valence-electron chi connectivity index (χ0n) is 18.7. The van der Waals surface area contributed by atoms with Gasteiger partial charge in [0.2, 0.25) is 0 Å². The topological polar surface area (TPSA) is 43.4 Å². The number of rotatable bonds is 3. The van der Waals surface area contributed by atoms with Gasteiger partial charge >= 0.3 is 5.97 Å². The van der Waals surface area contributed by atoms with Gasteiger partial charge in [0.05, 0.1) is 5.56 Å². The molecule has 0 radical (unpaired) electrons. The Kier molecular flexibility index (Phi) is 5.85. The highest BCUT2D eigenvalue weighted by Crippen LogP contribution is 2.66. The molecule has 3 nitrogen and oxygen atoms in total. The van der Waals surface area contributed by atoms with Crippen LogP contribution in [-0.4, -0.2) is 18.4 Å². The number of fused-ring (bicyclic) bond motifs is 5. The first-order chi connectivity index (χ1) is 15.3. The van der Waals surface area contributed by atoms with E-state index in [-0.39, 0.29) is 22.9 Å². The third-order valence-electron chi connectivity index (χ3n) is 9.17. The van der Waals surface area contributed by atoms with Gasteiger partial charge in [-0.2, -0.15) is 0 Å². The van der Waals surface area contributed by atoms with Crippen LogP contribution in [0.15, 0.2) is 46.5 Å². The van der Waals surface area contributed by atoms with E-state index in [4.69, 9.17) is 16.3 Å². The van der Waals surface area contributed by atoms with Crippen molar-refractivity contribution in [3.05, 3.63) is 55.7 Å². The maximum Gasteiger partial charge on any atom is 0.338 e. The minimum atomic E-state index is -0.217. The molecule has 170 valence electrons. The average molecular weight is 565 g/mol. The quantitative estimate of drug-likeness (QED) is 0.171. The lowest BCUT2D eigenvalue weighted by atomic mass is 9.48. The number of hydrogen-bond acceptors (Lipinski definition) is 3. The van der Waals surface area contributed by atoms with Crippen LogP contribution in [0.3, 0.4) is 0 Å². The van der Waals surface area contributed by atoms with Crippen molar-refractivity contribution in [2.24, 2.45) is 28.6 Å². The molecule has 0 N–H and O–H groups in total. The lowest BCUT2D eigenvalue weighted by Gasteiger charge is -2.57. The van der Waals surface area contributed by atoms with E-state index in [2.05, 4.69) is 42.5 Å². The van der Waals surface area contributed by atoms with Gasteiger partial charge in [-0.05, 0) is 109 Å². The number of aldehydes is 1. The van der Waals surface area contributed by atoms with Gasteiger partial charge in [0, 0.05) is 26.0 Å². The Morgan fingerprint density at radius 2 is 1.81 bits per heavy atom. The second kappa shape index (κ2) is 8.26. The summed E-state index contributed by atoms with van der Waals surface area (Å²) in [5, 5.41) is 0.821. The Balaban J connectivity index is 1.32. The Morgan fingerprint density at radius 3 is 2.53 bits per heavy atom. The predicted molar refractivity (Wildman–Crippen MR) is 134 cm³/mol. The van der Waals surface area contributed by atoms with Gasteiger partial charge in [-0.25, -0.2) is 4.79 Å². The molecule has 0 aromatic heterocycles. The summed E-state index contributed by atoms with van der Waals surface area (Å²) in [6.45, 7) is 4.70. The zero-order valence-corrected chi connectivity index (χ0v) is 21.6. The number of benzene rings is 1. The summed E-state index contributed by atoms with van der Waals surface area (Å²) in [6.07, 6.45) is 10.3. The summed E-state index contributed by atoms with van der Waals surface area (Å²) in [5.74, 6) is 1.43. The standard InChI is InChI=1S/C27H30ClIO3/c1-26-11-9-20(32-25(31)16-3-6-19(29)7-4-16)14-18(26)5-8-21-22(26)10-12-27(2)23(21)13-17(15-30)24(27)28/h3-7,15,20-23H,8-14H2,1-2H3/t20-,21?,22?,23?,26-,27-/m0/s1. The summed E-state index contributed by atoms with van der Waals surface area (Å²) < 4.78 is 7.04. The Labute approximate surface area is 209 Å². The highest BCUT2D eigenvalue weighted by molar-refractivity contribution is 14.1. The van der Waals surface area contributed by atoms with E-state index in [1.165, 1.54) is 5.57 Å². The molecule has 6 atom stereocenters. The Morgan fingerprint density at radius 1 is 1.09 bits per heavy atom. The second-order valence-electron chi connectivity index (χ2n) is 10.7. The third kappa shape index (κ3) is 3.51. The number of ether oxygens (including phenoxy) is 1. The van der Waals surface area contributed by atoms with E-state index in [1.54, 1.807) is 0 Å². The fourth-order valence-corrected chi connectivity index (χ4v) is 8.01. The van der Waals surface area contributed by atoms with Gasteiger partial charge in [0.25, 0.3) is 0 Å². The van der Waals surface area contributed by atoms with Crippen LogP contribution < -0.4 is 0 Å². The second-order valence-corrected chi connectivity index (χ2v) is 12.3. The third-order valence-corrected chi connectivity index (χ3v) is 10.6. The smallest absolute Gasteiger partial charge is 0.338 e. The number of halogens is 2. The summed E-state index contributed by atoms with van der Waals surface area (Å²) >= 11 is 8.95. The van der Waals surface area contributed by atoms with Crippen molar-refractivity contribution in [1.82, 2.24) is 0 Å². The van der Waals surface area contributed by atoms with Gasteiger partial charge in [0.1, 0.15) is 12.4 Å². The molecule has 0 spiro atoms. The Hall–Kier alpha value is -1.14. The monoisotopic (exact) mass is 564 g/mol. The van der Waals surface area contributed by atoms with Crippen molar-refractivity contribution >= 4 is 46.4 Å². The van der Waals surface area contributed by atoms with Crippen LogP contribution in [0.1, 0.15) is 69.2 Å². The van der Waals surface area contributed by atoms with E-state index < -0.39 is 0 Å². The van der Waals surface area contributed by atoms with Crippen molar-refractivity contribution in [3.63, 3.8) is 0 Å². The van der Waals surface area contributed by atoms with Crippen LogP contribution in [0.2, 0.25) is 0 Å². The average Bonchev–Trinajstić information content (AvgIpc) is 3.05. The van der Waals surface area contributed by atoms with Crippen LogP contribution in [0.5, 0.6) is 0 Å². The van der Waals surface area contributed by atoms with Gasteiger partial charge in [-0.1, -0.05) is 37.1 Å². The van der Waals surface area contributed by atoms with Crippen molar-refractivity contribution < 1.29 is 14.3 Å². The number of carbonyl (C=O) groups is 2. The molecule has 2 saturated carbocycles. The summed E-state index contributed by atoms with van der Waals surface area (Å²) in [4.78, 5) is 24.3. The maximum absolute atomic E-state index is 12.7. The fraction of sp³-hybridized carbons (Fsp3) is 0.556. The summed E-state index contributed by atoms with van der Waals surface area (Å²) in [7, 11) is 0. The van der Waals surface area contributed by atoms with E-state index in [0.29, 0.717) is 23.3 Å². The van der Waals surface area contributed by atoms with Crippen molar-refractivity contribution in [1.29, 1.82) is 0 Å². The highest BCUT2D eigenvalue weighted by atomic mass is 127. The van der Waals surface area contributed by atoms with Crippen molar-refractivity contribution in [2.75, 3.05) is 0 Å². The number of allylic oxidation sites excluding steroid dienone is 3. The first kappa shape index (κ1) is 22.6. The summed E-state index contributed by atoms with van der Waals surface area (Å²) in [5.41, 5.74) is 3.04. The summed E-state index contributed by atoms with van der Waals surface area (Å²) in [6, 6.07) is 7.57. The molecular weight excluding hydrogens is 535 g/mol. The number of carbonyl (C=O) groups excluding carboxylic acids is 2. The SMILES string of the molecule is C[C@]12CC[C@H](OC(=O)c3ccc(I)cc3)CC1=CCC1C2CC[C@]2(C)C(Cl)=C(C=O)CC12. The normalized spacial score (nSPS) is 38.3. The van der Waals surface area contributed by atoms with Crippen molar-refractivity contribution in [2.45, 2.75) is 64.9 Å². The number of esters is 1. The number of hydrogen-bond donors (Lipinski definition) is 0. The maximum atomic E-state index is 12.7. The van der Waals surface area contributed by atoms with Gasteiger partial charge in [-0.15, -0.1) is 0 Å². The molecule has 5 heteroatoms. The first-order valence-corrected chi connectivity index (χ1v) is 13.2. The van der Waals surface area contributed by atoms with E-state index in [9.17, 15) is 9.59 Å². The lowest BCUT2D eigenvalue weighted by molar-refractivity contribution is -0.105. The van der Waals surface area contributed by atoms with Crippen LogP contribution in [0.25, 0.3) is 0 Å². The van der Waals surface area contributed by atoms with Crippen LogP contribution >= 0.6 is 34.2 Å². The molecule has 32 heavy (non-hydrogen) atoms. The van der Waals surface area contributed by atoms with Crippen LogP contribution in [0, 0.1) is 32.2 Å².